The summed E-state index contributed by atoms with van der Waals surface area (Å²) in [7, 11) is 0. The second kappa shape index (κ2) is 8.26. The van der Waals surface area contributed by atoms with Gasteiger partial charge in [-0.15, -0.1) is 0 Å². The minimum atomic E-state index is -0.257. The number of thiophene rings is 1. The van der Waals surface area contributed by atoms with Crippen molar-refractivity contribution in [1.29, 1.82) is 0 Å². The van der Waals surface area contributed by atoms with Crippen molar-refractivity contribution in [2.75, 3.05) is 6.54 Å². The Morgan fingerprint density at radius 3 is 2.48 bits per heavy atom. The van der Waals surface area contributed by atoms with Gasteiger partial charge in [-0.05, 0) is 45.6 Å². The van der Waals surface area contributed by atoms with Gasteiger partial charge in [0.25, 0.3) is 5.91 Å². The van der Waals surface area contributed by atoms with Crippen molar-refractivity contribution in [3.63, 3.8) is 0 Å². The molecule has 0 radical (unpaired) electrons. The molecule has 0 atom stereocenters. The average Bonchev–Trinajstić information content (AvgIpc) is 3.20. The Bertz CT molecular complexity index is 845. The van der Waals surface area contributed by atoms with Crippen molar-refractivity contribution in [2.45, 2.75) is 6.54 Å². The number of amides is 2. The summed E-state index contributed by atoms with van der Waals surface area (Å²) in [5.41, 5.74) is 3.63. The third kappa shape index (κ3) is 4.78. The van der Waals surface area contributed by atoms with Crippen LogP contribution in [0, 0.1) is 0 Å². The number of hydrogen-bond donors (Lipinski definition) is 2. The number of benzene rings is 2. The molecule has 3 rings (SSSR count). The highest BCUT2D eigenvalue weighted by Gasteiger charge is 2.09. The van der Waals surface area contributed by atoms with Crippen molar-refractivity contribution >= 4 is 23.2 Å². The van der Waals surface area contributed by atoms with E-state index in [1.165, 1.54) is 0 Å². The van der Waals surface area contributed by atoms with Gasteiger partial charge >= 0.3 is 0 Å². The van der Waals surface area contributed by atoms with Crippen molar-refractivity contribution in [3.8, 4) is 11.1 Å². The van der Waals surface area contributed by atoms with Crippen LogP contribution in [0.15, 0.2) is 71.4 Å². The lowest BCUT2D eigenvalue weighted by Gasteiger charge is -2.08. The molecule has 1 heterocycles. The number of nitrogens with one attached hydrogen (secondary N) is 2. The maximum absolute atomic E-state index is 12.3. The first-order valence-electron chi connectivity index (χ1n) is 7.94. The minimum absolute atomic E-state index is 0.0473. The highest BCUT2D eigenvalue weighted by molar-refractivity contribution is 7.08. The van der Waals surface area contributed by atoms with Gasteiger partial charge in [0.05, 0.1) is 6.54 Å². The Morgan fingerprint density at radius 1 is 0.880 bits per heavy atom. The Balaban J connectivity index is 1.52. The summed E-state index contributed by atoms with van der Waals surface area (Å²) in [5, 5.41) is 9.48. The largest absolute Gasteiger partial charge is 0.350 e. The van der Waals surface area contributed by atoms with E-state index in [9.17, 15) is 9.59 Å². The fourth-order valence-corrected chi connectivity index (χ4v) is 3.06. The van der Waals surface area contributed by atoms with Gasteiger partial charge in [0.2, 0.25) is 5.91 Å². The molecular formula is C20H18N2O2S. The van der Waals surface area contributed by atoms with Crippen molar-refractivity contribution in [1.82, 2.24) is 10.6 Å². The maximum atomic E-state index is 12.3. The average molecular weight is 350 g/mol. The lowest BCUT2D eigenvalue weighted by Crippen LogP contribution is -2.36. The van der Waals surface area contributed by atoms with E-state index in [1.54, 1.807) is 17.4 Å². The zero-order chi connectivity index (χ0) is 17.5. The molecule has 0 saturated heterocycles. The van der Waals surface area contributed by atoms with E-state index in [2.05, 4.69) is 10.6 Å². The summed E-state index contributed by atoms with van der Waals surface area (Å²) in [4.78, 5) is 24.1. The predicted octanol–water partition coefficient (Wildman–Crippen LogP) is 3.46. The summed E-state index contributed by atoms with van der Waals surface area (Å²) >= 11 is 1.61. The molecule has 2 amide bonds. The summed E-state index contributed by atoms with van der Waals surface area (Å²) in [6, 6.07) is 19.0. The summed E-state index contributed by atoms with van der Waals surface area (Å²) in [6.45, 7) is 0.400. The molecule has 2 aromatic carbocycles. The van der Waals surface area contributed by atoms with Gasteiger partial charge in [-0.3, -0.25) is 9.59 Å². The monoisotopic (exact) mass is 350 g/mol. The molecule has 0 aliphatic carbocycles. The number of carbonyl (C=O) groups excluding carboxylic acids is 2. The van der Waals surface area contributed by atoms with Gasteiger partial charge in [0.1, 0.15) is 0 Å². The number of carbonyl (C=O) groups is 2. The second-order valence-corrected chi connectivity index (χ2v) is 6.32. The molecule has 3 aromatic rings. The summed E-state index contributed by atoms with van der Waals surface area (Å²) in [6.07, 6.45) is 0. The van der Waals surface area contributed by atoms with Crippen LogP contribution in [0.4, 0.5) is 0 Å². The van der Waals surface area contributed by atoms with E-state index in [4.69, 9.17) is 0 Å². The third-order valence-electron chi connectivity index (χ3n) is 3.72. The molecule has 0 spiro atoms. The Morgan fingerprint density at radius 2 is 1.72 bits per heavy atom. The van der Waals surface area contributed by atoms with Crippen molar-refractivity contribution < 1.29 is 9.59 Å². The summed E-state index contributed by atoms with van der Waals surface area (Å²) in [5.74, 6) is -0.474. The molecule has 0 saturated carbocycles. The Hall–Kier alpha value is -2.92. The highest BCUT2D eigenvalue weighted by Crippen LogP contribution is 2.22. The Kier molecular flexibility index (Phi) is 5.59. The lowest BCUT2D eigenvalue weighted by atomic mass is 10.1. The van der Waals surface area contributed by atoms with E-state index in [-0.39, 0.29) is 18.4 Å². The predicted molar refractivity (Wildman–Crippen MR) is 100 cm³/mol. The number of hydrogen-bond acceptors (Lipinski definition) is 3. The smallest absolute Gasteiger partial charge is 0.251 e. The molecular weight excluding hydrogens is 332 g/mol. The molecule has 0 aliphatic heterocycles. The SMILES string of the molecule is O=C(CNC(=O)c1cccc(-c2ccsc2)c1)NCc1ccccc1. The normalized spacial score (nSPS) is 10.2. The molecule has 0 fully saturated rings. The fourth-order valence-electron chi connectivity index (χ4n) is 2.39. The fraction of sp³-hybridized carbons (Fsp3) is 0.100. The van der Waals surface area contributed by atoms with Crippen molar-refractivity contribution in [2.24, 2.45) is 0 Å². The quantitative estimate of drug-likeness (QED) is 0.715. The van der Waals surface area contributed by atoms with Crippen LogP contribution in [0.3, 0.4) is 0 Å². The van der Waals surface area contributed by atoms with Gasteiger partial charge in [0.15, 0.2) is 0 Å². The zero-order valence-electron chi connectivity index (χ0n) is 13.6. The van der Waals surface area contributed by atoms with Gasteiger partial charge in [-0.1, -0.05) is 42.5 Å². The highest BCUT2D eigenvalue weighted by atomic mass is 32.1. The molecule has 2 N–H and O–H groups in total. The molecule has 4 nitrogen and oxygen atoms in total. The van der Waals surface area contributed by atoms with Crippen LogP contribution >= 0.6 is 11.3 Å². The van der Waals surface area contributed by atoms with Crippen LogP contribution < -0.4 is 10.6 Å². The topological polar surface area (TPSA) is 58.2 Å². The molecule has 0 aliphatic rings. The second-order valence-electron chi connectivity index (χ2n) is 5.54. The van der Waals surface area contributed by atoms with Gasteiger partial charge in [-0.25, -0.2) is 0 Å². The maximum Gasteiger partial charge on any atom is 0.251 e. The minimum Gasteiger partial charge on any atom is -0.350 e. The van der Waals surface area contributed by atoms with Crippen LogP contribution in [0.5, 0.6) is 0 Å². The number of rotatable bonds is 6. The lowest BCUT2D eigenvalue weighted by molar-refractivity contribution is -0.120. The molecule has 126 valence electrons. The standard InChI is InChI=1S/C20H18N2O2S/c23-19(21-12-15-5-2-1-3-6-15)13-22-20(24)17-8-4-7-16(11-17)18-9-10-25-14-18/h1-11,14H,12-13H2,(H,21,23)(H,22,24). The van der Waals surface area contributed by atoms with Gasteiger partial charge in [0, 0.05) is 12.1 Å². The van der Waals surface area contributed by atoms with Crippen molar-refractivity contribution in [3.05, 3.63) is 82.6 Å². The molecule has 0 bridgehead atoms. The van der Waals surface area contributed by atoms with E-state index in [0.717, 1.165) is 16.7 Å². The van der Waals surface area contributed by atoms with Gasteiger partial charge in [-0.2, -0.15) is 11.3 Å². The van der Waals surface area contributed by atoms with Crippen LogP contribution in [-0.4, -0.2) is 18.4 Å². The first kappa shape index (κ1) is 16.9. The van der Waals surface area contributed by atoms with E-state index in [1.807, 2.05) is 65.4 Å². The van der Waals surface area contributed by atoms with E-state index < -0.39 is 0 Å². The first-order chi connectivity index (χ1) is 12.2. The summed E-state index contributed by atoms with van der Waals surface area (Å²) < 4.78 is 0. The molecule has 0 unspecified atom stereocenters. The van der Waals surface area contributed by atoms with E-state index in [0.29, 0.717) is 12.1 Å². The van der Waals surface area contributed by atoms with Gasteiger partial charge < -0.3 is 10.6 Å². The zero-order valence-corrected chi connectivity index (χ0v) is 14.4. The van der Waals surface area contributed by atoms with Crippen LogP contribution in [-0.2, 0) is 11.3 Å². The molecule has 1 aromatic heterocycles. The van der Waals surface area contributed by atoms with Crippen LogP contribution in [0.25, 0.3) is 11.1 Å². The van der Waals surface area contributed by atoms with Crippen LogP contribution in [0.1, 0.15) is 15.9 Å². The third-order valence-corrected chi connectivity index (χ3v) is 4.40. The molecule has 5 heteroatoms. The van der Waals surface area contributed by atoms with E-state index >= 15 is 0 Å². The first-order valence-corrected chi connectivity index (χ1v) is 8.88. The molecule has 25 heavy (non-hydrogen) atoms. The Labute approximate surface area is 150 Å². The van der Waals surface area contributed by atoms with Crippen LogP contribution in [0.2, 0.25) is 0 Å².